The Balaban J connectivity index is 1.46. The zero-order valence-corrected chi connectivity index (χ0v) is 13.2. The first kappa shape index (κ1) is 13.8. The van der Waals surface area contributed by atoms with Gasteiger partial charge in [0.15, 0.2) is 0 Å². The second-order valence-electron chi connectivity index (χ2n) is 7.03. The van der Waals surface area contributed by atoms with E-state index >= 15 is 0 Å². The van der Waals surface area contributed by atoms with Crippen LogP contribution < -0.4 is 0 Å². The fourth-order valence-corrected chi connectivity index (χ4v) is 6.20. The van der Waals surface area contributed by atoms with Crippen LogP contribution in [0, 0.1) is 36.5 Å². The molecule has 0 radical (unpaired) electrons. The number of rotatable bonds is 4. The Labute approximate surface area is 126 Å². The van der Waals surface area contributed by atoms with Crippen LogP contribution in [0.15, 0.2) is 29.2 Å². The maximum absolute atomic E-state index is 12.3. The van der Waals surface area contributed by atoms with Crippen LogP contribution in [0.3, 0.4) is 0 Å². The lowest BCUT2D eigenvalue weighted by molar-refractivity contribution is 0.122. The summed E-state index contributed by atoms with van der Waals surface area (Å²) >= 11 is 0. The zero-order chi connectivity index (χ0) is 14.6. The van der Waals surface area contributed by atoms with Crippen molar-refractivity contribution in [2.75, 3.05) is 6.61 Å². The summed E-state index contributed by atoms with van der Waals surface area (Å²) in [6.07, 6.45) is 5.29. The molecule has 0 unspecified atom stereocenters. The number of benzene rings is 1. The van der Waals surface area contributed by atoms with E-state index in [0.29, 0.717) is 12.5 Å². The predicted molar refractivity (Wildman–Crippen MR) is 80.2 cm³/mol. The van der Waals surface area contributed by atoms with Crippen LogP contribution in [0.4, 0.5) is 0 Å². The van der Waals surface area contributed by atoms with E-state index in [0.717, 1.165) is 29.2 Å². The Kier molecular flexibility index (Phi) is 3.16. The molecule has 1 aromatic carbocycles. The van der Waals surface area contributed by atoms with Crippen molar-refractivity contribution in [3.05, 3.63) is 29.8 Å². The van der Waals surface area contributed by atoms with E-state index in [1.807, 2.05) is 19.1 Å². The quantitative estimate of drug-likeness (QED) is 0.801. The fraction of sp³-hybridized carbons (Fsp3) is 0.647. The van der Waals surface area contributed by atoms with Crippen molar-refractivity contribution in [2.24, 2.45) is 29.6 Å². The van der Waals surface area contributed by atoms with E-state index in [2.05, 4.69) is 0 Å². The van der Waals surface area contributed by atoms with E-state index < -0.39 is 10.1 Å². The summed E-state index contributed by atoms with van der Waals surface area (Å²) < 4.78 is 30.0. The van der Waals surface area contributed by atoms with Crippen LogP contribution in [0.2, 0.25) is 0 Å². The first-order valence-electron chi connectivity index (χ1n) is 8.02. The molecule has 0 heterocycles. The lowest BCUT2D eigenvalue weighted by Gasteiger charge is -2.31. The molecule has 3 saturated carbocycles. The summed E-state index contributed by atoms with van der Waals surface area (Å²) in [5.41, 5.74) is 1.05. The van der Waals surface area contributed by atoms with E-state index in [-0.39, 0.29) is 4.90 Å². The molecule has 3 fully saturated rings. The number of aryl methyl sites for hydroxylation is 1. The third kappa shape index (κ3) is 2.15. The van der Waals surface area contributed by atoms with Gasteiger partial charge in [0.1, 0.15) is 0 Å². The van der Waals surface area contributed by atoms with Gasteiger partial charge in [0.2, 0.25) is 0 Å². The molecular weight excluding hydrogens is 284 g/mol. The second kappa shape index (κ2) is 4.82. The predicted octanol–water partition coefficient (Wildman–Crippen LogP) is 3.38. The summed E-state index contributed by atoms with van der Waals surface area (Å²) in [5, 5.41) is 0. The highest BCUT2D eigenvalue weighted by atomic mass is 32.2. The van der Waals surface area contributed by atoms with Gasteiger partial charge in [-0.25, -0.2) is 0 Å². The molecule has 4 atom stereocenters. The maximum atomic E-state index is 12.3. The van der Waals surface area contributed by atoms with Crippen LogP contribution in [-0.2, 0) is 14.3 Å². The van der Waals surface area contributed by atoms with Crippen molar-refractivity contribution in [1.29, 1.82) is 0 Å². The molecule has 114 valence electrons. The minimum absolute atomic E-state index is 0.279. The first-order valence-corrected chi connectivity index (χ1v) is 9.43. The van der Waals surface area contributed by atoms with Crippen LogP contribution in [0.5, 0.6) is 0 Å². The van der Waals surface area contributed by atoms with E-state index in [4.69, 9.17) is 4.18 Å². The Hall–Kier alpha value is -0.870. The Bertz CT molecular complexity index is 617. The van der Waals surface area contributed by atoms with Crippen LogP contribution in [-0.4, -0.2) is 15.0 Å². The summed E-state index contributed by atoms with van der Waals surface area (Å²) in [7, 11) is -3.60. The Morgan fingerprint density at radius 3 is 2.05 bits per heavy atom. The average Bonchev–Trinajstić information content (AvgIpc) is 3.12. The molecule has 21 heavy (non-hydrogen) atoms. The van der Waals surface area contributed by atoms with Gasteiger partial charge in [-0.2, -0.15) is 8.42 Å². The second-order valence-corrected chi connectivity index (χ2v) is 8.64. The molecule has 3 aliphatic rings. The normalized spacial score (nSPS) is 37.3. The van der Waals surface area contributed by atoms with Crippen LogP contribution >= 0.6 is 0 Å². The van der Waals surface area contributed by atoms with E-state index in [1.165, 1.54) is 25.7 Å². The van der Waals surface area contributed by atoms with Gasteiger partial charge in [-0.3, -0.25) is 4.18 Å². The van der Waals surface area contributed by atoms with Gasteiger partial charge in [-0.05, 0) is 74.3 Å². The maximum Gasteiger partial charge on any atom is 0.296 e. The molecule has 3 nitrogen and oxygen atoms in total. The number of hydrogen-bond donors (Lipinski definition) is 0. The monoisotopic (exact) mass is 306 g/mol. The molecule has 0 saturated heterocycles. The molecule has 0 amide bonds. The largest absolute Gasteiger partial charge is 0.296 e. The lowest BCUT2D eigenvalue weighted by Crippen LogP contribution is -2.29. The minimum Gasteiger partial charge on any atom is -0.266 e. The highest BCUT2D eigenvalue weighted by Gasteiger charge is 2.57. The lowest BCUT2D eigenvalue weighted by atomic mass is 9.76. The summed E-state index contributed by atoms with van der Waals surface area (Å²) in [4.78, 5) is 0.279. The van der Waals surface area contributed by atoms with Crippen LogP contribution in [0.25, 0.3) is 0 Å². The standard InChI is InChI=1S/C17H22O3S/c1-11-2-4-12(5-3-11)21(18,19)20-10-17-15-8-6-13-14(15)7-9-16(13)17/h2-5,13-17H,6-10H2,1H3/t13-,14-,15+,16+/m0/s1. The average molecular weight is 306 g/mol. The molecule has 0 N–H and O–H groups in total. The molecule has 4 heteroatoms. The van der Waals surface area contributed by atoms with Gasteiger partial charge in [0.25, 0.3) is 10.1 Å². The number of hydrogen-bond acceptors (Lipinski definition) is 3. The topological polar surface area (TPSA) is 43.4 Å². The van der Waals surface area contributed by atoms with Gasteiger partial charge >= 0.3 is 0 Å². The summed E-state index contributed by atoms with van der Waals surface area (Å²) in [6, 6.07) is 6.90. The Morgan fingerprint density at radius 1 is 0.952 bits per heavy atom. The van der Waals surface area contributed by atoms with Gasteiger partial charge in [0, 0.05) is 0 Å². The first-order chi connectivity index (χ1) is 10.1. The van der Waals surface area contributed by atoms with Crippen molar-refractivity contribution < 1.29 is 12.6 Å². The highest BCUT2D eigenvalue weighted by Crippen LogP contribution is 2.64. The highest BCUT2D eigenvalue weighted by molar-refractivity contribution is 7.86. The van der Waals surface area contributed by atoms with Crippen molar-refractivity contribution in [3.63, 3.8) is 0 Å². The molecule has 1 aromatic rings. The molecule has 4 bridgehead atoms. The van der Waals surface area contributed by atoms with Crippen molar-refractivity contribution in [1.82, 2.24) is 0 Å². The van der Waals surface area contributed by atoms with Crippen molar-refractivity contribution in [3.8, 4) is 0 Å². The molecule has 0 aliphatic heterocycles. The minimum atomic E-state index is -3.60. The van der Waals surface area contributed by atoms with Crippen molar-refractivity contribution >= 4 is 10.1 Å². The third-order valence-electron chi connectivity index (χ3n) is 6.14. The molecular formula is C17H22O3S. The SMILES string of the molecule is Cc1ccc(S(=O)(=O)OCC2[C@@H]3CC[C@H]4[C@@H]3CC[C@@H]24)cc1. The fourth-order valence-electron chi connectivity index (χ4n) is 5.26. The zero-order valence-electron chi connectivity index (χ0n) is 12.4. The van der Waals surface area contributed by atoms with Gasteiger partial charge < -0.3 is 0 Å². The third-order valence-corrected chi connectivity index (χ3v) is 7.44. The smallest absolute Gasteiger partial charge is 0.266 e. The summed E-state index contributed by atoms with van der Waals surface area (Å²) in [5.74, 6) is 3.66. The van der Waals surface area contributed by atoms with Gasteiger partial charge in [-0.1, -0.05) is 17.7 Å². The molecule has 3 aliphatic carbocycles. The van der Waals surface area contributed by atoms with Gasteiger partial charge in [-0.15, -0.1) is 0 Å². The van der Waals surface area contributed by atoms with Crippen molar-refractivity contribution in [2.45, 2.75) is 37.5 Å². The Morgan fingerprint density at radius 2 is 1.48 bits per heavy atom. The molecule has 4 rings (SSSR count). The van der Waals surface area contributed by atoms with E-state index in [9.17, 15) is 8.42 Å². The molecule has 0 spiro atoms. The van der Waals surface area contributed by atoms with Crippen LogP contribution in [0.1, 0.15) is 31.2 Å². The van der Waals surface area contributed by atoms with Gasteiger partial charge in [0.05, 0.1) is 11.5 Å². The summed E-state index contributed by atoms with van der Waals surface area (Å²) in [6.45, 7) is 2.34. The van der Waals surface area contributed by atoms with E-state index in [1.54, 1.807) is 12.1 Å². The molecule has 0 aromatic heterocycles.